The Hall–Kier alpha value is -0.770. The highest BCUT2D eigenvalue weighted by molar-refractivity contribution is 5.68. The van der Waals surface area contributed by atoms with E-state index in [1.807, 2.05) is 25.7 Å². The van der Waals surface area contributed by atoms with Gasteiger partial charge in [0.05, 0.1) is 6.04 Å². The summed E-state index contributed by atoms with van der Waals surface area (Å²) in [6.45, 7) is 16.0. The van der Waals surface area contributed by atoms with Crippen molar-refractivity contribution in [1.29, 1.82) is 0 Å². The number of amides is 1. The maximum absolute atomic E-state index is 12.2. The minimum absolute atomic E-state index is 0.169. The summed E-state index contributed by atoms with van der Waals surface area (Å²) in [6, 6.07) is 0.258. The molecule has 1 amide bonds. The molecule has 4 heteroatoms. The van der Waals surface area contributed by atoms with Crippen LogP contribution in [0.15, 0.2) is 0 Å². The molecule has 1 saturated heterocycles. The summed E-state index contributed by atoms with van der Waals surface area (Å²) in [5, 5.41) is 0. The van der Waals surface area contributed by atoms with E-state index in [2.05, 4.69) is 25.7 Å². The fourth-order valence-corrected chi connectivity index (χ4v) is 2.27. The number of hydrogen-bond donors (Lipinski definition) is 0. The predicted octanol–water partition coefficient (Wildman–Crippen LogP) is 2.58. The topological polar surface area (TPSA) is 32.8 Å². The quantitative estimate of drug-likeness (QED) is 0.761. The summed E-state index contributed by atoms with van der Waals surface area (Å²) in [6.07, 6.45) is -0.169. The van der Waals surface area contributed by atoms with E-state index in [1.54, 1.807) is 0 Å². The first-order valence-electron chi connectivity index (χ1n) is 6.96. The second-order valence-corrected chi connectivity index (χ2v) is 6.38. The van der Waals surface area contributed by atoms with Gasteiger partial charge in [-0.05, 0) is 33.2 Å². The Morgan fingerprint density at radius 1 is 1.33 bits per heavy atom. The number of rotatable bonds is 2. The molecular weight excluding hydrogens is 228 g/mol. The molecular formula is C14H28N2O2. The average Bonchev–Trinajstić information content (AvgIpc) is 2.25. The lowest BCUT2D eigenvalue weighted by atomic mass is 10.00. The van der Waals surface area contributed by atoms with E-state index in [4.69, 9.17) is 4.74 Å². The standard InChI is InChI=1S/C14H28N2O2/c1-7-15-8-9-16(12(10-15)11(2)3)13(17)18-14(4,5)6/h11-12H,7-10H2,1-6H3/t12-/m1/s1. The van der Waals surface area contributed by atoms with Crippen molar-refractivity contribution in [3.05, 3.63) is 0 Å². The van der Waals surface area contributed by atoms with Crippen LogP contribution in [0, 0.1) is 5.92 Å². The summed E-state index contributed by atoms with van der Waals surface area (Å²) >= 11 is 0. The second-order valence-electron chi connectivity index (χ2n) is 6.38. The van der Waals surface area contributed by atoms with Gasteiger partial charge in [-0.1, -0.05) is 20.8 Å². The van der Waals surface area contributed by atoms with Crippen molar-refractivity contribution in [3.8, 4) is 0 Å². The van der Waals surface area contributed by atoms with Gasteiger partial charge in [-0.25, -0.2) is 4.79 Å². The maximum Gasteiger partial charge on any atom is 0.410 e. The molecule has 0 saturated carbocycles. The highest BCUT2D eigenvalue weighted by Gasteiger charge is 2.34. The molecule has 0 aromatic carbocycles. The van der Waals surface area contributed by atoms with Crippen molar-refractivity contribution in [2.24, 2.45) is 5.92 Å². The van der Waals surface area contributed by atoms with Gasteiger partial charge in [0.2, 0.25) is 0 Å². The van der Waals surface area contributed by atoms with Crippen LogP contribution < -0.4 is 0 Å². The van der Waals surface area contributed by atoms with Gasteiger partial charge >= 0.3 is 6.09 Å². The summed E-state index contributed by atoms with van der Waals surface area (Å²) in [4.78, 5) is 16.5. The summed E-state index contributed by atoms with van der Waals surface area (Å²) in [5.74, 6) is 0.451. The average molecular weight is 256 g/mol. The number of carbonyl (C=O) groups is 1. The summed E-state index contributed by atoms with van der Waals surface area (Å²) in [5.41, 5.74) is -0.416. The van der Waals surface area contributed by atoms with Crippen molar-refractivity contribution in [1.82, 2.24) is 9.80 Å². The van der Waals surface area contributed by atoms with Crippen LogP contribution >= 0.6 is 0 Å². The van der Waals surface area contributed by atoms with E-state index in [9.17, 15) is 4.79 Å². The molecule has 0 unspecified atom stereocenters. The monoisotopic (exact) mass is 256 g/mol. The van der Waals surface area contributed by atoms with Crippen LogP contribution in [0.1, 0.15) is 41.5 Å². The Morgan fingerprint density at radius 2 is 1.94 bits per heavy atom. The number of likely N-dealkylation sites (N-methyl/N-ethyl adjacent to an activating group) is 1. The molecule has 0 aromatic heterocycles. The Labute approximate surface area is 111 Å². The van der Waals surface area contributed by atoms with E-state index in [-0.39, 0.29) is 12.1 Å². The van der Waals surface area contributed by atoms with Gasteiger partial charge in [0.25, 0.3) is 0 Å². The first kappa shape index (κ1) is 15.3. The molecule has 1 aliphatic rings. The Bertz CT molecular complexity index is 284. The van der Waals surface area contributed by atoms with E-state index >= 15 is 0 Å². The second kappa shape index (κ2) is 5.91. The van der Waals surface area contributed by atoms with Crippen LogP contribution in [0.4, 0.5) is 4.79 Å². The van der Waals surface area contributed by atoms with Gasteiger partial charge < -0.3 is 9.64 Å². The molecule has 1 heterocycles. The molecule has 1 rings (SSSR count). The van der Waals surface area contributed by atoms with E-state index < -0.39 is 5.60 Å². The molecule has 1 atom stereocenters. The first-order chi connectivity index (χ1) is 8.24. The van der Waals surface area contributed by atoms with Crippen molar-refractivity contribution in [2.75, 3.05) is 26.2 Å². The normalized spacial score (nSPS) is 22.4. The first-order valence-corrected chi connectivity index (χ1v) is 6.96. The zero-order valence-corrected chi connectivity index (χ0v) is 12.7. The van der Waals surface area contributed by atoms with Crippen LogP contribution in [0.2, 0.25) is 0 Å². The smallest absolute Gasteiger partial charge is 0.410 e. The number of carbonyl (C=O) groups excluding carboxylic acids is 1. The minimum atomic E-state index is -0.416. The van der Waals surface area contributed by atoms with Gasteiger partial charge in [-0.3, -0.25) is 4.90 Å². The van der Waals surface area contributed by atoms with E-state index in [0.29, 0.717) is 5.92 Å². The minimum Gasteiger partial charge on any atom is -0.444 e. The molecule has 106 valence electrons. The zero-order valence-electron chi connectivity index (χ0n) is 12.7. The van der Waals surface area contributed by atoms with Gasteiger partial charge in [0, 0.05) is 19.6 Å². The van der Waals surface area contributed by atoms with Crippen LogP contribution in [0.5, 0.6) is 0 Å². The van der Waals surface area contributed by atoms with E-state index in [1.165, 1.54) is 0 Å². The number of nitrogens with zero attached hydrogens (tertiary/aromatic N) is 2. The SMILES string of the molecule is CCN1CCN(C(=O)OC(C)(C)C)[C@@H](C(C)C)C1. The van der Waals surface area contributed by atoms with Crippen LogP contribution in [0.25, 0.3) is 0 Å². The van der Waals surface area contributed by atoms with Gasteiger partial charge in [-0.15, -0.1) is 0 Å². The van der Waals surface area contributed by atoms with Gasteiger partial charge in [0.1, 0.15) is 5.60 Å². The molecule has 4 nitrogen and oxygen atoms in total. The molecule has 0 spiro atoms. The fourth-order valence-electron chi connectivity index (χ4n) is 2.27. The molecule has 0 radical (unpaired) electrons. The van der Waals surface area contributed by atoms with Crippen LogP contribution in [0.3, 0.4) is 0 Å². The molecule has 0 bridgehead atoms. The predicted molar refractivity (Wildman–Crippen MR) is 73.7 cm³/mol. The van der Waals surface area contributed by atoms with Gasteiger partial charge in [-0.2, -0.15) is 0 Å². The van der Waals surface area contributed by atoms with Crippen molar-refractivity contribution in [2.45, 2.75) is 53.2 Å². The lowest BCUT2D eigenvalue weighted by Gasteiger charge is -2.43. The van der Waals surface area contributed by atoms with E-state index in [0.717, 1.165) is 26.2 Å². The third-order valence-electron chi connectivity index (χ3n) is 3.35. The molecule has 0 aromatic rings. The number of hydrogen-bond acceptors (Lipinski definition) is 3. The third-order valence-corrected chi connectivity index (χ3v) is 3.35. The zero-order chi connectivity index (χ0) is 13.9. The van der Waals surface area contributed by atoms with Gasteiger partial charge in [0.15, 0.2) is 0 Å². The highest BCUT2D eigenvalue weighted by Crippen LogP contribution is 2.20. The largest absolute Gasteiger partial charge is 0.444 e. The summed E-state index contributed by atoms with van der Waals surface area (Å²) < 4.78 is 5.49. The Kier molecular flexibility index (Phi) is 5.02. The molecule has 0 aliphatic carbocycles. The lowest BCUT2D eigenvalue weighted by molar-refractivity contribution is -0.00870. The molecule has 0 N–H and O–H groups in total. The Balaban J connectivity index is 2.71. The summed E-state index contributed by atoms with van der Waals surface area (Å²) in [7, 11) is 0. The Morgan fingerprint density at radius 3 is 2.39 bits per heavy atom. The highest BCUT2D eigenvalue weighted by atomic mass is 16.6. The van der Waals surface area contributed by atoms with Crippen LogP contribution in [-0.4, -0.2) is 53.7 Å². The van der Waals surface area contributed by atoms with Crippen molar-refractivity contribution < 1.29 is 9.53 Å². The fraction of sp³-hybridized carbons (Fsp3) is 0.929. The molecule has 18 heavy (non-hydrogen) atoms. The third kappa shape index (κ3) is 4.16. The molecule has 1 aliphatic heterocycles. The lowest BCUT2D eigenvalue weighted by Crippen LogP contribution is -2.57. The molecule has 1 fully saturated rings. The maximum atomic E-state index is 12.2. The van der Waals surface area contributed by atoms with Crippen LogP contribution in [-0.2, 0) is 4.74 Å². The van der Waals surface area contributed by atoms with Crippen molar-refractivity contribution >= 4 is 6.09 Å². The number of piperazine rings is 1. The number of ether oxygens (including phenoxy) is 1. The van der Waals surface area contributed by atoms with Crippen molar-refractivity contribution in [3.63, 3.8) is 0 Å².